The van der Waals surface area contributed by atoms with Gasteiger partial charge in [-0.2, -0.15) is 14.5 Å². The van der Waals surface area contributed by atoms with Gasteiger partial charge < -0.3 is 20.6 Å². The maximum absolute atomic E-state index is 13.1. The Hall–Kier alpha value is -4.06. The SMILES string of the molecule is O=C(Nc1ccc(F)nc1)[C@@H]1C[C@H](O)CN1c1nc(Nc2cc(C3CC3)[nH]n2)c2cccn2n1. The van der Waals surface area contributed by atoms with Crippen LogP contribution in [-0.4, -0.2) is 59.5 Å². The summed E-state index contributed by atoms with van der Waals surface area (Å²) in [5.41, 5.74) is 2.21. The van der Waals surface area contributed by atoms with Gasteiger partial charge in [0.1, 0.15) is 11.6 Å². The number of carbonyl (C=O) groups excluding carboxylic acids is 1. The smallest absolute Gasteiger partial charge is 0.247 e. The Labute approximate surface area is 193 Å². The van der Waals surface area contributed by atoms with Gasteiger partial charge in [-0.15, -0.1) is 5.10 Å². The molecule has 0 spiro atoms. The Morgan fingerprint density at radius 1 is 1.26 bits per heavy atom. The third kappa shape index (κ3) is 3.92. The molecule has 0 unspecified atom stereocenters. The molecule has 1 saturated carbocycles. The average molecular weight is 463 g/mol. The lowest BCUT2D eigenvalue weighted by atomic mass is 10.2. The molecule has 12 heteroatoms. The molecule has 1 aliphatic heterocycles. The summed E-state index contributed by atoms with van der Waals surface area (Å²) in [4.78, 5) is 22.9. The summed E-state index contributed by atoms with van der Waals surface area (Å²) in [5, 5.41) is 28.3. The number of anilines is 4. The molecule has 11 nitrogen and oxygen atoms in total. The van der Waals surface area contributed by atoms with Gasteiger partial charge in [0.2, 0.25) is 17.8 Å². The highest BCUT2D eigenvalue weighted by molar-refractivity contribution is 5.97. The van der Waals surface area contributed by atoms with Crippen molar-refractivity contribution in [1.82, 2.24) is 29.8 Å². The number of nitrogens with one attached hydrogen (secondary N) is 3. The van der Waals surface area contributed by atoms with E-state index in [1.54, 1.807) is 15.6 Å². The molecule has 34 heavy (non-hydrogen) atoms. The van der Waals surface area contributed by atoms with E-state index >= 15 is 0 Å². The lowest BCUT2D eigenvalue weighted by molar-refractivity contribution is -0.117. The second-order valence-corrected chi connectivity index (χ2v) is 8.62. The van der Waals surface area contributed by atoms with Crippen LogP contribution in [0.5, 0.6) is 0 Å². The van der Waals surface area contributed by atoms with E-state index in [9.17, 15) is 14.3 Å². The molecule has 1 amide bonds. The number of H-pyrrole nitrogens is 1. The van der Waals surface area contributed by atoms with Gasteiger partial charge in [0.05, 0.1) is 18.0 Å². The van der Waals surface area contributed by atoms with Gasteiger partial charge in [-0.3, -0.25) is 9.89 Å². The average Bonchev–Trinajstić information content (AvgIpc) is 3.20. The number of fused-ring (bicyclic) bond motifs is 1. The van der Waals surface area contributed by atoms with Gasteiger partial charge in [0, 0.05) is 36.8 Å². The minimum atomic E-state index is -0.727. The van der Waals surface area contributed by atoms with Crippen molar-refractivity contribution in [2.45, 2.75) is 37.3 Å². The number of aliphatic hydroxyl groups is 1. The van der Waals surface area contributed by atoms with Crippen molar-refractivity contribution >= 4 is 34.7 Å². The normalized spacial score (nSPS) is 20.1. The predicted octanol–water partition coefficient (Wildman–Crippen LogP) is 2.19. The summed E-state index contributed by atoms with van der Waals surface area (Å²) in [6, 6.07) is 7.59. The molecule has 4 aromatic rings. The monoisotopic (exact) mass is 463 g/mol. The zero-order chi connectivity index (χ0) is 23.2. The Morgan fingerprint density at radius 3 is 2.94 bits per heavy atom. The lowest BCUT2D eigenvalue weighted by Gasteiger charge is -2.24. The number of nitrogens with zero attached hydrogens (tertiary/aromatic N) is 6. The molecule has 2 fully saturated rings. The van der Waals surface area contributed by atoms with Crippen molar-refractivity contribution in [3.8, 4) is 0 Å². The molecule has 0 aromatic carbocycles. The fraction of sp³-hybridized carbons (Fsp3) is 0.318. The van der Waals surface area contributed by atoms with Crippen LogP contribution in [0.2, 0.25) is 0 Å². The van der Waals surface area contributed by atoms with Crippen LogP contribution in [0.1, 0.15) is 30.9 Å². The number of carbonyl (C=O) groups is 1. The van der Waals surface area contributed by atoms with E-state index in [-0.39, 0.29) is 24.8 Å². The van der Waals surface area contributed by atoms with Crippen LogP contribution in [0, 0.1) is 5.95 Å². The van der Waals surface area contributed by atoms with Crippen molar-refractivity contribution in [2.75, 3.05) is 22.1 Å². The van der Waals surface area contributed by atoms with Crippen LogP contribution in [0.15, 0.2) is 42.7 Å². The number of amides is 1. The highest BCUT2D eigenvalue weighted by Gasteiger charge is 2.38. The molecule has 5 heterocycles. The topological polar surface area (TPSA) is 136 Å². The van der Waals surface area contributed by atoms with Crippen LogP contribution in [0.3, 0.4) is 0 Å². The number of aliphatic hydroxyl groups excluding tert-OH is 1. The van der Waals surface area contributed by atoms with Gasteiger partial charge in [-0.05, 0) is 37.1 Å². The standard InChI is InChI=1S/C22H22FN9O2/c23-18-6-5-13(10-24-18)25-21(34)17-8-14(33)11-31(17)22-27-20(16-2-1-7-32(16)30-22)26-19-9-15(28-29-19)12-3-4-12/h1-2,5-7,9-10,12,14,17,33H,3-4,8,11H2,(H,25,34)(H2,26,27,28,29,30)/t14-,17-/m0/s1. The van der Waals surface area contributed by atoms with Crippen molar-refractivity contribution in [3.05, 3.63) is 54.4 Å². The van der Waals surface area contributed by atoms with Gasteiger partial charge in [0.15, 0.2) is 11.6 Å². The largest absolute Gasteiger partial charge is 0.391 e. The van der Waals surface area contributed by atoms with Gasteiger partial charge in [-0.25, -0.2) is 9.50 Å². The van der Waals surface area contributed by atoms with Gasteiger partial charge in [0.25, 0.3) is 0 Å². The number of pyridine rings is 1. The first-order valence-corrected chi connectivity index (χ1v) is 11.1. The molecule has 4 N–H and O–H groups in total. The van der Waals surface area contributed by atoms with E-state index in [0.717, 1.165) is 24.1 Å². The quantitative estimate of drug-likeness (QED) is 0.320. The first-order valence-electron chi connectivity index (χ1n) is 11.1. The number of rotatable bonds is 6. The maximum atomic E-state index is 13.1. The molecular formula is C22H22FN9O2. The summed E-state index contributed by atoms with van der Waals surface area (Å²) >= 11 is 0. The van der Waals surface area contributed by atoms with E-state index in [2.05, 4.69) is 35.9 Å². The van der Waals surface area contributed by atoms with E-state index in [0.29, 0.717) is 23.2 Å². The predicted molar refractivity (Wildman–Crippen MR) is 121 cm³/mol. The van der Waals surface area contributed by atoms with Crippen molar-refractivity contribution in [3.63, 3.8) is 0 Å². The van der Waals surface area contributed by atoms with Crippen LogP contribution in [-0.2, 0) is 4.79 Å². The number of β-amino-alcohol motifs (C(OH)–C–C–N with tert-alkyl or cyclic N) is 1. The van der Waals surface area contributed by atoms with Gasteiger partial charge in [-0.1, -0.05) is 0 Å². The third-order valence-corrected chi connectivity index (χ3v) is 6.07. The minimum absolute atomic E-state index is 0.195. The van der Waals surface area contributed by atoms with Crippen molar-refractivity contribution in [1.29, 1.82) is 0 Å². The van der Waals surface area contributed by atoms with Crippen LogP contribution >= 0.6 is 0 Å². The summed E-state index contributed by atoms with van der Waals surface area (Å²) in [5.74, 6) is 1.01. The Bertz CT molecular complexity index is 1350. The van der Waals surface area contributed by atoms with E-state index in [1.807, 2.05) is 18.2 Å². The zero-order valence-corrected chi connectivity index (χ0v) is 18.0. The van der Waals surface area contributed by atoms with E-state index < -0.39 is 18.1 Å². The summed E-state index contributed by atoms with van der Waals surface area (Å²) in [7, 11) is 0. The first kappa shape index (κ1) is 20.5. The second-order valence-electron chi connectivity index (χ2n) is 8.62. The number of aromatic nitrogens is 6. The number of hydrogen-bond donors (Lipinski definition) is 4. The van der Waals surface area contributed by atoms with Gasteiger partial charge >= 0.3 is 0 Å². The molecule has 1 saturated heterocycles. The molecule has 2 atom stereocenters. The third-order valence-electron chi connectivity index (χ3n) is 6.07. The van der Waals surface area contributed by atoms with Crippen LogP contribution < -0.4 is 15.5 Å². The number of hydrogen-bond acceptors (Lipinski definition) is 8. The molecule has 174 valence electrons. The Kier molecular flexibility index (Phi) is 4.87. The molecule has 0 bridgehead atoms. The maximum Gasteiger partial charge on any atom is 0.247 e. The summed E-state index contributed by atoms with van der Waals surface area (Å²) in [6.07, 6.45) is 4.84. The summed E-state index contributed by atoms with van der Waals surface area (Å²) in [6.45, 7) is 0.195. The van der Waals surface area contributed by atoms with E-state index in [1.165, 1.54) is 18.3 Å². The van der Waals surface area contributed by atoms with Crippen LogP contribution in [0.25, 0.3) is 5.52 Å². The molecule has 6 rings (SSSR count). The Balaban J connectivity index is 1.29. The molecule has 0 radical (unpaired) electrons. The van der Waals surface area contributed by atoms with Crippen molar-refractivity contribution in [2.24, 2.45) is 0 Å². The molecule has 1 aliphatic carbocycles. The molecule has 4 aromatic heterocycles. The first-order chi connectivity index (χ1) is 16.5. The fourth-order valence-corrected chi connectivity index (χ4v) is 4.22. The van der Waals surface area contributed by atoms with E-state index in [4.69, 9.17) is 0 Å². The summed E-state index contributed by atoms with van der Waals surface area (Å²) < 4.78 is 14.8. The number of halogens is 1. The second kappa shape index (κ2) is 8.06. The Morgan fingerprint density at radius 2 is 2.15 bits per heavy atom. The highest BCUT2D eigenvalue weighted by Crippen LogP contribution is 2.39. The van der Waals surface area contributed by atoms with Crippen LogP contribution in [0.4, 0.5) is 27.7 Å². The highest BCUT2D eigenvalue weighted by atomic mass is 19.1. The zero-order valence-electron chi connectivity index (χ0n) is 18.0. The lowest BCUT2D eigenvalue weighted by Crippen LogP contribution is -2.41. The molecular weight excluding hydrogens is 441 g/mol. The molecule has 2 aliphatic rings. The minimum Gasteiger partial charge on any atom is -0.391 e. The van der Waals surface area contributed by atoms with Crippen molar-refractivity contribution < 1.29 is 14.3 Å². The number of aromatic amines is 1. The fourth-order valence-electron chi connectivity index (χ4n) is 4.22.